The van der Waals surface area contributed by atoms with Gasteiger partial charge in [-0.05, 0) is 6.92 Å². The second kappa shape index (κ2) is 3.74. The van der Waals surface area contributed by atoms with Crippen LogP contribution in [0.5, 0.6) is 0 Å². The SMILES string of the molecule is C[C@H](O)CN1CC(C(=O)O)CC1=O. The molecule has 1 aliphatic heterocycles. The lowest BCUT2D eigenvalue weighted by atomic mass is 10.1. The van der Waals surface area contributed by atoms with E-state index in [2.05, 4.69) is 0 Å². The van der Waals surface area contributed by atoms with Crippen LogP contribution in [0.3, 0.4) is 0 Å². The Morgan fingerprint density at radius 3 is 2.77 bits per heavy atom. The molecule has 1 amide bonds. The predicted molar refractivity (Wildman–Crippen MR) is 44.0 cm³/mol. The van der Waals surface area contributed by atoms with E-state index < -0.39 is 18.0 Å². The second-order valence-electron chi connectivity index (χ2n) is 3.39. The molecule has 0 bridgehead atoms. The molecule has 5 nitrogen and oxygen atoms in total. The molecule has 1 heterocycles. The highest BCUT2D eigenvalue weighted by atomic mass is 16.4. The van der Waals surface area contributed by atoms with Crippen molar-refractivity contribution in [3.05, 3.63) is 0 Å². The van der Waals surface area contributed by atoms with Gasteiger partial charge in [0.1, 0.15) is 0 Å². The van der Waals surface area contributed by atoms with E-state index in [9.17, 15) is 9.59 Å². The third-order valence-corrected chi connectivity index (χ3v) is 2.05. The van der Waals surface area contributed by atoms with Crippen LogP contribution in [0.4, 0.5) is 0 Å². The van der Waals surface area contributed by atoms with Crippen molar-refractivity contribution in [2.45, 2.75) is 19.4 Å². The Bertz CT molecular complexity index is 226. The van der Waals surface area contributed by atoms with Crippen molar-refractivity contribution < 1.29 is 19.8 Å². The van der Waals surface area contributed by atoms with Crippen LogP contribution in [-0.4, -0.2) is 46.2 Å². The number of carbonyl (C=O) groups excluding carboxylic acids is 1. The molecule has 0 aromatic carbocycles. The van der Waals surface area contributed by atoms with Crippen molar-refractivity contribution in [3.63, 3.8) is 0 Å². The summed E-state index contributed by atoms with van der Waals surface area (Å²) in [4.78, 5) is 23.1. The van der Waals surface area contributed by atoms with Crippen LogP contribution in [0, 0.1) is 5.92 Å². The number of carboxylic acids is 1. The van der Waals surface area contributed by atoms with Crippen LogP contribution in [0.2, 0.25) is 0 Å². The van der Waals surface area contributed by atoms with Gasteiger partial charge in [-0.15, -0.1) is 0 Å². The van der Waals surface area contributed by atoms with Gasteiger partial charge in [0.05, 0.1) is 12.0 Å². The molecule has 74 valence electrons. The molecule has 1 unspecified atom stereocenters. The molecule has 0 aliphatic carbocycles. The molecule has 1 aliphatic rings. The summed E-state index contributed by atoms with van der Waals surface area (Å²) in [5, 5.41) is 17.7. The standard InChI is InChI=1S/C8H13NO4/c1-5(10)3-9-4-6(8(12)13)2-7(9)11/h5-6,10H,2-4H2,1H3,(H,12,13)/t5-,6?/m0/s1. The number of rotatable bonds is 3. The van der Waals surface area contributed by atoms with Gasteiger partial charge in [0.25, 0.3) is 0 Å². The fraction of sp³-hybridized carbons (Fsp3) is 0.750. The molecule has 0 spiro atoms. The number of hydrogen-bond acceptors (Lipinski definition) is 3. The lowest BCUT2D eigenvalue weighted by Crippen LogP contribution is -2.32. The Morgan fingerprint density at radius 2 is 2.38 bits per heavy atom. The zero-order valence-electron chi connectivity index (χ0n) is 7.43. The number of hydrogen-bond donors (Lipinski definition) is 2. The summed E-state index contributed by atoms with van der Waals surface area (Å²) in [6.45, 7) is 2.02. The lowest BCUT2D eigenvalue weighted by Gasteiger charge is -2.17. The zero-order chi connectivity index (χ0) is 10.0. The highest BCUT2D eigenvalue weighted by Gasteiger charge is 2.34. The summed E-state index contributed by atoms with van der Waals surface area (Å²) in [5.41, 5.74) is 0. The fourth-order valence-electron chi connectivity index (χ4n) is 1.43. The van der Waals surface area contributed by atoms with Gasteiger partial charge in [-0.25, -0.2) is 0 Å². The molecule has 1 saturated heterocycles. The van der Waals surface area contributed by atoms with E-state index in [1.165, 1.54) is 4.90 Å². The minimum atomic E-state index is -0.943. The van der Waals surface area contributed by atoms with E-state index in [-0.39, 0.29) is 25.4 Å². The molecule has 5 heteroatoms. The quantitative estimate of drug-likeness (QED) is 0.612. The highest BCUT2D eigenvalue weighted by molar-refractivity contribution is 5.86. The van der Waals surface area contributed by atoms with E-state index >= 15 is 0 Å². The number of aliphatic hydroxyl groups is 1. The maximum absolute atomic E-state index is 11.2. The van der Waals surface area contributed by atoms with E-state index in [1.54, 1.807) is 6.92 Å². The summed E-state index contributed by atoms with van der Waals surface area (Å²) in [5.74, 6) is -1.74. The molecule has 2 N–H and O–H groups in total. The number of aliphatic carboxylic acids is 1. The topological polar surface area (TPSA) is 77.8 Å². The molecule has 1 fully saturated rings. The van der Waals surface area contributed by atoms with Gasteiger partial charge in [-0.1, -0.05) is 0 Å². The smallest absolute Gasteiger partial charge is 0.308 e. The van der Waals surface area contributed by atoms with Crippen LogP contribution in [0.25, 0.3) is 0 Å². The summed E-state index contributed by atoms with van der Waals surface area (Å²) < 4.78 is 0. The second-order valence-corrected chi connectivity index (χ2v) is 3.39. The van der Waals surface area contributed by atoms with Crippen LogP contribution in [-0.2, 0) is 9.59 Å². The van der Waals surface area contributed by atoms with Crippen LogP contribution in [0.1, 0.15) is 13.3 Å². The number of carbonyl (C=O) groups is 2. The number of β-amino-alcohol motifs (C(OH)–C–C–N with tert-alkyl or cyclic N) is 1. The monoisotopic (exact) mass is 187 g/mol. The minimum absolute atomic E-state index is 0.0576. The van der Waals surface area contributed by atoms with Gasteiger partial charge < -0.3 is 15.1 Å². The van der Waals surface area contributed by atoms with E-state index in [1.807, 2.05) is 0 Å². The van der Waals surface area contributed by atoms with Crippen LogP contribution < -0.4 is 0 Å². The minimum Gasteiger partial charge on any atom is -0.481 e. The maximum Gasteiger partial charge on any atom is 0.308 e. The first kappa shape index (κ1) is 9.98. The lowest BCUT2D eigenvalue weighted by molar-refractivity contribution is -0.141. The third kappa shape index (κ3) is 2.42. The Labute approximate surface area is 76.0 Å². The summed E-state index contributed by atoms with van der Waals surface area (Å²) in [6.07, 6.45) is -0.543. The van der Waals surface area contributed by atoms with Crippen molar-refractivity contribution in [2.24, 2.45) is 5.92 Å². The average molecular weight is 187 g/mol. The van der Waals surface area contributed by atoms with Crippen molar-refractivity contribution in [1.29, 1.82) is 0 Å². The van der Waals surface area contributed by atoms with Gasteiger partial charge in [0, 0.05) is 19.5 Å². The van der Waals surface area contributed by atoms with Crippen LogP contribution >= 0.6 is 0 Å². The third-order valence-electron chi connectivity index (χ3n) is 2.05. The predicted octanol–water partition coefficient (Wildman–Crippen LogP) is -0.700. The first-order valence-electron chi connectivity index (χ1n) is 4.19. The normalized spacial score (nSPS) is 24.9. The van der Waals surface area contributed by atoms with Gasteiger partial charge in [0.2, 0.25) is 5.91 Å². The number of nitrogens with zero attached hydrogens (tertiary/aromatic N) is 1. The van der Waals surface area contributed by atoms with Crippen LogP contribution in [0.15, 0.2) is 0 Å². The Hall–Kier alpha value is -1.10. The largest absolute Gasteiger partial charge is 0.481 e. The van der Waals surface area contributed by atoms with Gasteiger partial charge >= 0.3 is 5.97 Å². The maximum atomic E-state index is 11.2. The fourth-order valence-corrected chi connectivity index (χ4v) is 1.43. The van der Waals surface area contributed by atoms with Crippen molar-refractivity contribution in [3.8, 4) is 0 Å². The molecule has 0 aromatic heterocycles. The Kier molecular flexibility index (Phi) is 2.87. The Balaban J connectivity index is 2.51. The molecule has 0 saturated carbocycles. The molecular weight excluding hydrogens is 174 g/mol. The van der Waals surface area contributed by atoms with Crippen molar-refractivity contribution in [1.82, 2.24) is 4.90 Å². The van der Waals surface area contributed by atoms with Gasteiger partial charge in [0.15, 0.2) is 0 Å². The number of amides is 1. The molecular formula is C8H13NO4. The zero-order valence-corrected chi connectivity index (χ0v) is 7.43. The summed E-state index contributed by atoms with van der Waals surface area (Å²) >= 11 is 0. The molecule has 13 heavy (non-hydrogen) atoms. The first-order chi connectivity index (χ1) is 6.00. The summed E-state index contributed by atoms with van der Waals surface area (Å²) in [6, 6.07) is 0. The molecule has 2 atom stereocenters. The van der Waals surface area contributed by atoms with Gasteiger partial charge in [-0.3, -0.25) is 9.59 Å². The number of aliphatic hydroxyl groups excluding tert-OH is 1. The first-order valence-corrected chi connectivity index (χ1v) is 4.19. The summed E-state index contributed by atoms with van der Waals surface area (Å²) in [7, 11) is 0. The Morgan fingerprint density at radius 1 is 1.77 bits per heavy atom. The van der Waals surface area contributed by atoms with E-state index in [0.717, 1.165) is 0 Å². The number of carboxylic acid groups (broad SMARTS) is 1. The van der Waals surface area contributed by atoms with Crippen molar-refractivity contribution in [2.75, 3.05) is 13.1 Å². The van der Waals surface area contributed by atoms with E-state index in [4.69, 9.17) is 10.2 Å². The van der Waals surface area contributed by atoms with Crippen molar-refractivity contribution >= 4 is 11.9 Å². The molecule has 1 rings (SSSR count). The van der Waals surface area contributed by atoms with E-state index in [0.29, 0.717) is 0 Å². The molecule has 0 aromatic rings. The highest BCUT2D eigenvalue weighted by Crippen LogP contribution is 2.17. The number of likely N-dealkylation sites (tertiary alicyclic amines) is 1. The average Bonchev–Trinajstić information content (AvgIpc) is 2.31. The molecule has 0 radical (unpaired) electrons. The van der Waals surface area contributed by atoms with Gasteiger partial charge in [-0.2, -0.15) is 0 Å².